The van der Waals surface area contributed by atoms with Gasteiger partial charge in [-0.15, -0.1) is 0 Å². The summed E-state index contributed by atoms with van der Waals surface area (Å²) in [7, 11) is 0. The monoisotopic (exact) mass is 369 g/mol. The summed E-state index contributed by atoms with van der Waals surface area (Å²) in [6.45, 7) is 0.942. The lowest BCUT2D eigenvalue weighted by Crippen LogP contribution is -2.23. The number of aromatic nitrogens is 4. The molecule has 28 heavy (non-hydrogen) atoms. The highest BCUT2D eigenvalue weighted by Gasteiger charge is 2.18. The highest BCUT2D eigenvalue weighted by atomic mass is 16.1. The minimum absolute atomic E-state index is 0.191. The summed E-state index contributed by atoms with van der Waals surface area (Å²) >= 11 is 0. The maximum Gasteiger partial charge on any atom is 0.255 e. The maximum atomic E-state index is 12.9. The fourth-order valence-corrected chi connectivity index (χ4v) is 2.92. The van der Waals surface area contributed by atoms with Crippen molar-refractivity contribution in [2.45, 2.75) is 13.1 Å². The van der Waals surface area contributed by atoms with Crippen LogP contribution in [-0.4, -0.2) is 25.7 Å². The molecule has 0 atom stereocenters. The van der Waals surface area contributed by atoms with Crippen LogP contribution in [0.25, 0.3) is 11.3 Å². The third-order valence-corrected chi connectivity index (χ3v) is 4.28. The van der Waals surface area contributed by atoms with E-state index in [0.717, 1.165) is 16.8 Å². The molecule has 0 aliphatic rings. The summed E-state index contributed by atoms with van der Waals surface area (Å²) in [4.78, 5) is 21.3. The Kier molecular flexibility index (Phi) is 5.20. The highest BCUT2D eigenvalue weighted by molar-refractivity contribution is 5.99. The van der Waals surface area contributed by atoms with Gasteiger partial charge in [-0.1, -0.05) is 36.4 Å². The molecule has 0 aliphatic carbocycles. The number of rotatable bonds is 6. The largest absolute Gasteiger partial charge is 0.346 e. The van der Waals surface area contributed by atoms with Crippen LogP contribution in [0.3, 0.4) is 0 Å². The van der Waals surface area contributed by atoms with E-state index >= 15 is 0 Å². The van der Waals surface area contributed by atoms with E-state index < -0.39 is 0 Å². The van der Waals surface area contributed by atoms with Crippen LogP contribution in [0.5, 0.6) is 0 Å². The summed E-state index contributed by atoms with van der Waals surface area (Å²) < 4.78 is 1.79. The van der Waals surface area contributed by atoms with Gasteiger partial charge in [-0.05, 0) is 29.8 Å². The molecule has 0 unspecified atom stereocenters. The molecule has 0 saturated carbocycles. The van der Waals surface area contributed by atoms with E-state index in [0.29, 0.717) is 24.3 Å². The molecular formula is C22H19N5O. The lowest BCUT2D eigenvalue weighted by Gasteiger charge is -2.05. The molecule has 6 heteroatoms. The third-order valence-electron chi connectivity index (χ3n) is 4.28. The molecule has 4 aromatic rings. The molecular weight excluding hydrogens is 350 g/mol. The zero-order valence-corrected chi connectivity index (χ0v) is 15.2. The molecule has 4 rings (SSSR count). The lowest BCUT2D eigenvalue weighted by atomic mass is 10.1. The zero-order chi connectivity index (χ0) is 19.2. The Hall–Kier alpha value is -3.80. The van der Waals surface area contributed by atoms with Gasteiger partial charge in [-0.3, -0.25) is 19.4 Å². The Bertz CT molecular complexity index is 1050. The predicted octanol–water partition coefficient (Wildman–Crippen LogP) is 3.32. The minimum Gasteiger partial charge on any atom is -0.346 e. The summed E-state index contributed by atoms with van der Waals surface area (Å²) in [6, 6.07) is 19.4. The second-order valence-electron chi connectivity index (χ2n) is 6.32. The second-order valence-corrected chi connectivity index (χ2v) is 6.32. The average Bonchev–Trinajstić information content (AvgIpc) is 3.18. The Morgan fingerprint density at radius 2 is 1.82 bits per heavy atom. The minimum atomic E-state index is -0.191. The smallest absolute Gasteiger partial charge is 0.255 e. The average molecular weight is 369 g/mol. The van der Waals surface area contributed by atoms with Gasteiger partial charge in [-0.2, -0.15) is 5.10 Å². The van der Waals surface area contributed by atoms with Gasteiger partial charge < -0.3 is 5.32 Å². The summed E-state index contributed by atoms with van der Waals surface area (Å²) in [5.74, 6) is -0.191. The fraction of sp³-hybridized carbons (Fsp3) is 0.0909. The normalized spacial score (nSPS) is 10.6. The quantitative estimate of drug-likeness (QED) is 0.566. The van der Waals surface area contributed by atoms with Crippen molar-refractivity contribution < 1.29 is 4.79 Å². The predicted molar refractivity (Wildman–Crippen MR) is 106 cm³/mol. The van der Waals surface area contributed by atoms with Gasteiger partial charge in [0.05, 0.1) is 24.3 Å². The van der Waals surface area contributed by atoms with Crippen LogP contribution in [0.1, 0.15) is 21.6 Å². The van der Waals surface area contributed by atoms with E-state index in [4.69, 9.17) is 0 Å². The molecule has 0 saturated heterocycles. The second kappa shape index (κ2) is 8.26. The van der Waals surface area contributed by atoms with E-state index in [-0.39, 0.29) is 5.91 Å². The molecule has 0 fully saturated rings. The van der Waals surface area contributed by atoms with Gasteiger partial charge in [0.2, 0.25) is 0 Å². The Labute approximate surface area is 162 Å². The Morgan fingerprint density at radius 1 is 0.964 bits per heavy atom. The molecule has 3 heterocycles. The zero-order valence-electron chi connectivity index (χ0n) is 15.2. The molecule has 1 N–H and O–H groups in total. The van der Waals surface area contributed by atoms with E-state index in [1.54, 1.807) is 29.5 Å². The third kappa shape index (κ3) is 4.12. The van der Waals surface area contributed by atoms with Crippen molar-refractivity contribution in [1.29, 1.82) is 0 Å². The summed E-state index contributed by atoms with van der Waals surface area (Å²) in [5, 5.41) is 7.58. The first-order chi connectivity index (χ1) is 13.8. The van der Waals surface area contributed by atoms with Gasteiger partial charge in [0.15, 0.2) is 0 Å². The van der Waals surface area contributed by atoms with Gasteiger partial charge in [-0.25, -0.2) is 0 Å². The lowest BCUT2D eigenvalue weighted by molar-refractivity contribution is 0.0951. The molecule has 1 aromatic carbocycles. The number of hydrogen-bond acceptors (Lipinski definition) is 4. The van der Waals surface area contributed by atoms with Crippen LogP contribution in [0.4, 0.5) is 0 Å². The van der Waals surface area contributed by atoms with Crippen LogP contribution in [-0.2, 0) is 13.1 Å². The first kappa shape index (κ1) is 17.6. The van der Waals surface area contributed by atoms with Crippen LogP contribution >= 0.6 is 0 Å². The summed E-state index contributed by atoms with van der Waals surface area (Å²) in [6.07, 6.45) is 6.90. The Balaban J connectivity index is 1.61. The highest BCUT2D eigenvalue weighted by Crippen LogP contribution is 2.22. The number of carbonyl (C=O) groups excluding carboxylic acids is 1. The summed E-state index contributed by atoms with van der Waals surface area (Å²) in [5.41, 5.74) is 3.85. The van der Waals surface area contributed by atoms with Crippen LogP contribution < -0.4 is 5.32 Å². The topological polar surface area (TPSA) is 72.7 Å². The molecule has 138 valence electrons. The van der Waals surface area contributed by atoms with E-state index in [1.165, 1.54) is 0 Å². The number of amides is 1. The van der Waals surface area contributed by atoms with E-state index in [9.17, 15) is 4.79 Å². The number of benzene rings is 1. The van der Waals surface area contributed by atoms with Gasteiger partial charge in [0.25, 0.3) is 5.91 Å². The first-order valence-corrected chi connectivity index (χ1v) is 8.99. The standard InChI is InChI=1S/C22H19N5O/c28-22(25-14-19-10-4-5-12-24-19)20-16-27(15-17-7-2-1-3-8-17)26-21(20)18-9-6-11-23-13-18/h1-13,16H,14-15H2,(H,25,28). The van der Waals surface area contributed by atoms with Crippen molar-refractivity contribution in [2.24, 2.45) is 0 Å². The number of nitrogens with zero attached hydrogens (tertiary/aromatic N) is 4. The van der Waals surface area contributed by atoms with Gasteiger partial charge >= 0.3 is 0 Å². The van der Waals surface area contributed by atoms with Gasteiger partial charge in [0.1, 0.15) is 5.69 Å². The van der Waals surface area contributed by atoms with Crippen molar-refractivity contribution >= 4 is 5.91 Å². The number of carbonyl (C=O) groups is 1. The van der Waals surface area contributed by atoms with Crippen LogP contribution in [0, 0.1) is 0 Å². The molecule has 0 aliphatic heterocycles. The molecule has 6 nitrogen and oxygen atoms in total. The van der Waals surface area contributed by atoms with Crippen molar-refractivity contribution in [2.75, 3.05) is 0 Å². The Morgan fingerprint density at radius 3 is 2.57 bits per heavy atom. The number of hydrogen-bond donors (Lipinski definition) is 1. The van der Waals surface area contributed by atoms with Crippen LogP contribution in [0.15, 0.2) is 85.5 Å². The van der Waals surface area contributed by atoms with Crippen molar-refractivity contribution in [3.05, 3.63) is 102 Å². The molecule has 0 radical (unpaired) electrons. The molecule has 0 spiro atoms. The van der Waals surface area contributed by atoms with E-state index in [2.05, 4.69) is 20.4 Å². The van der Waals surface area contributed by atoms with E-state index in [1.807, 2.05) is 60.7 Å². The van der Waals surface area contributed by atoms with Crippen molar-refractivity contribution in [3.63, 3.8) is 0 Å². The van der Waals surface area contributed by atoms with Gasteiger partial charge in [0, 0.05) is 30.4 Å². The van der Waals surface area contributed by atoms with Crippen LogP contribution in [0.2, 0.25) is 0 Å². The molecule has 3 aromatic heterocycles. The number of nitrogens with one attached hydrogen (secondary N) is 1. The maximum absolute atomic E-state index is 12.9. The molecule has 1 amide bonds. The number of pyridine rings is 2. The van der Waals surface area contributed by atoms with Crippen molar-refractivity contribution in [1.82, 2.24) is 25.1 Å². The SMILES string of the molecule is O=C(NCc1ccccn1)c1cn(Cc2ccccc2)nc1-c1cccnc1. The van der Waals surface area contributed by atoms with Crippen molar-refractivity contribution in [3.8, 4) is 11.3 Å². The fourth-order valence-electron chi connectivity index (χ4n) is 2.92. The first-order valence-electron chi connectivity index (χ1n) is 8.99. The molecule has 0 bridgehead atoms.